The van der Waals surface area contributed by atoms with E-state index < -0.39 is 0 Å². The van der Waals surface area contributed by atoms with Crippen LogP contribution in [0.5, 0.6) is 0 Å². The number of H-pyrrole nitrogens is 1. The van der Waals surface area contributed by atoms with Crippen LogP contribution in [0.4, 0.5) is 5.95 Å². The zero-order valence-corrected chi connectivity index (χ0v) is 11.9. The Labute approximate surface area is 113 Å². The molecule has 1 saturated carbocycles. The molecular formula is C12H21N5S. The van der Waals surface area contributed by atoms with Gasteiger partial charge in [-0.15, -0.1) is 5.10 Å². The van der Waals surface area contributed by atoms with Gasteiger partial charge in [0.2, 0.25) is 5.95 Å². The van der Waals surface area contributed by atoms with Crippen LogP contribution in [0.3, 0.4) is 0 Å². The van der Waals surface area contributed by atoms with Crippen molar-refractivity contribution in [2.24, 2.45) is 0 Å². The third-order valence-corrected chi connectivity index (χ3v) is 4.19. The van der Waals surface area contributed by atoms with E-state index in [4.69, 9.17) is 12.2 Å². The average molecular weight is 267 g/mol. The van der Waals surface area contributed by atoms with E-state index in [0.717, 1.165) is 30.4 Å². The van der Waals surface area contributed by atoms with Crippen LogP contribution in [0.2, 0.25) is 0 Å². The van der Waals surface area contributed by atoms with Gasteiger partial charge >= 0.3 is 0 Å². The molecule has 0 radical (unpaired) electrons. The number of likely N-dealkylation sites (N-methyl/N-ethyl adjacent to an activating group) is 1. The molecule has 3 rings (SSSR count). The summed E-state index contributed by atoms with van der Waals surface area (Å²) in [7, 11) is 2.19. The van der Waals surface area contributed by atoms with E-state index in [0.29, 0.717) is 12.1 Å². The van der Waals surface area contributed by atoms with Crippen LogP contribution in [0.25, 0.3) is 0 Å². The number of aromatic amines is 1. The Balaban J connectivity index is 1.91. The van der Waals surface area contributed by atoms with Crippen molar-refractivity contribution in [2.45, 2.75) is 38.3 Å². The number of hydrogen-bond donors (Lipinski definition) is 1. The van der Waals surface area contributed by atoms with Crippen molar-refractivity contribution in [3.05, 3.63) is 4.77 Å². The summed E-state index contributed by atoms with van der Waals surface area (Å²) in [4.78, 5) is 4.81. The lowest BCUT2D eigenvalue weighted by Crippen LogP contribution is -2.39. The lowest BCUT2D eigenvalue weighted by atomic mass is 10.3. The number of hydrogen-bond acceptors (Lipinski definition) is 4. The van der Waals surface area contributed by atoms with Gasteiger partial charge in [0.1, 0.15) is 0 Å². The van der Waals surface area contributed by atoms with Gasteiger partial charge in [-0.3, -0.25) is 4.57 Å². The molecule has 0 aromatic carbocycles. The summed E-state index contributed by atoms with van der Waals surface area (Å²) in [6.45, 7) is 5.59. The summed E-state index contributed by atoms with van der Waals surface area (Å²) in [6.07, 6.45) is 3.66. The highest BCUT2D eigenvalue weighted by molar-refractivity contribution is 7.71. The van der Waals surface area contributed by atoms with E-state index in [1.807, 2.05) is 0 Å². The Hall–Kier alpha value is -0.880. The van der Waals surface area contributed by atoms with Crippen LogP contribution in [0.15, 0.2) is 0 Å². The summed E-state index contributed by atoms with van der Waals surface area (Å²) >= 11 is 5.36. The fraction of sp³-hybridized carbons (Fsp3) is 0.833. The van der Waals surface area contributed by atoms with Crippen LogP contribution in [0.1, 0.15) is 32.2 Å². The van der Waals surface area contributed by atoms with Gasteiger partial charge < -0.3 is 9.80 Å². The Kier molecular flexibility index (Phi) is 3.15. The fourth-order valence-corrected chi connectivity index (χ4v) is 3.11. The van der Waals surface area contributed by atoms with Gasteiger partial charge in [-0.1, -0.05) is 0 Å². The molecule has 2 fully saturated rings. The highest BCUT2D eigenvalue weighted by atomic mass is 32.1. The van der Waals surface area contributed by atoms with E-state index in [1.165, 1.54) is 19.3 Å². The first-order chi connectivity index (χ1) is 8.66. The molecule has 2 heterocycles. The molecule has 1 atom stereocenters. The quantitative estimate of drug-likeness (QED) is 0.830. The summed E-state index contributed by atoms with van der Waals surface area (Å²) in [5.41, 5.74) is 0. The number of anilines is 1. The molecule has 18 heavy (non-hydrogen) atoms. The Bertz CT molecular complexity index is 475. The fourth-order valence-electron chi connectivity index (χ4n) is 2.83. The maximum Gasteiger partial charge on any atom is 0.226 e. The molecule has 1 saturated heterocycles. The van der Waals surface area contributed by atoms with E-state index in [9.17, 15) is 0 Å². The highest BCUT2D eigenvalue weighted by Gasteiger charge is 2.31. The minimum absolute atomic E-state index is 0.486. The summed E-state index contributed by atoms with van der Waals surface area (Å²) in [6, 6.07) is 1.07. The molecule has 0 amide bonds. The van der Waals surface area contributed by atoms with Crippen molar-refractivity contribution < 1.29 is 0 Å². The second kappa shape index (κ2) is 4.66. The standard InChI is InChI=1S/C12H21N5S/c1-9-8-15(2)6-3-7-16(9)11-13-14-12(18)17(11)10-4-5-10/h9-10H,3-8H2,1-2H3,(H,14,18). The average Bonchev–Trinajstić information content (AvgIpc) is 3.10. The zero-order valence-electron chi connectivity index (χ0n) is 11.1. The summed E-state index contributed by atoms with van der Waals surface area (Å²) < 4.78 is 2.99. The van der Waals surface area contributed by atoms with Gasteiger partial charge in [0.05, 0.1) is 0 Å². The van der Waals surface area contributed by atoms with Gasteiger partial charge in [-0.05, 0) is 52.0 Å². The third-order valence-electron chi connectivity index (χ3n) is 3.90. The maximum absolute atomic E-state index is 5.36. The van der Waals surface area contributed by atoms with Gasteiger partial charge in [0.15, 0.2) is 4.77 Å². The monoisotopic (exact) mass is 267 g/mol. The molecule has 6 heteroatoms. The molecule has 1 aromatic heterocycles. The molecule has 1 aliphatic carbocycles. The molecule has 2 aliphatic rings. The molecule has 1 aliphatic heterocycles. The van der Waals surface area contributed by atoms with Crippen molar-refractivity contribution in [3.63, 3.8) is 0 Å². The van der Waals surface area contributed by atoms with Crippen molar-refractivity contribution >= 4 is 18.2 Å². The van der Waals surface area contributed by atoms with Crippen molar-refractivity contribution in [1.29, 1.82) is 0 Å². The van der Waals surface area contributed by atoms with Crippen LogP contribution < -0.4 is 4.90 Å². The molecule has 5 nitrogen and oxygen atoms in total. The molecule has 1 N–H and O–H groups in total. The molecule has 1 unspecified atom stereocenters. The van der Waals surface area contributed by atoms with Gasteiger partial charge in [-0.25, -0.2) is 5.10 Å². The smallest absolute Gasteiger partial charge is 0.226 e. The lowest BCUT2D eigenvalue weighted by Gasteiger charge is -2.28. The SMILES string of the molecule is CC1CN(C)CCCN1c1n[nH]c(=S)n1C1CC1. The number of nitrogens with one attached hydrogen (secondary N) is 1. The summed E-state index contributed by atoms with van der Waals surface area (Å²) in [5.74, 6) is 1.05. The van der Waals surface area contributed by atoms with Crippen LogP contribution >= 0.6 is 12.2 Å². The number of aromatic nitrogens is 3. The van der Waals surface area contributed by atoms with Gasteiger partial charge in [0.25, 0.3) is 0 Å². The normalized spacial score (nSPS) is 26.3. The van der Waals surface area contributed by atoms with Crippen LogP contribution in [0, 0.1) is 4.77 Å². The van der Waals surface area contributed by atoms with E-state index >= 15 is 0 Å². The largest absolute Gasteiger partial charge is 0.337 e. The van der Waals surface area contributed by atoms with Gasteiger partial charge in [-0.2, -0.15) is 0 Å². The van der Waals surface area contributed by atoms with Crippen molar-refractivity contribution in [1.82, 2.24) is 19.7 Å². The van der Waals surface area contributed by atoms with Crippen molar-refractivity contribution in [2.75, 3.05) is 31.6 Å². The predicted molar refractivity (Wildman–Crippen MR) is 74.6 cm³/mol. The third kappa shape index (κ3) is 2.19. The topological polar surface area (TPSA) is 40.1 Å². The Morgan fingerprint density at radius 1 is 1.33 bits per heavy atom. The van der Waals surface area contributed by atoms with E-state index in [-0.39, 0.29) is 0 Å². The molecule has 100 valence electrons. The van der Waals surface area contributed by atoms with E-state index in [2.05, 4.69) is 38.5 Å². The first kappa shape index (κ1) is 12.2. The minimum atomic E-state index is 0.486. The Morgan fingerprint density at radius 3 is 2.83 bits per heavy atom. The second-order valence-electron chi connectivity index (χ2n) is 5.59. The molecule has 1 aromatic rings. The molecular weight excluding hydrogens is 246 g/mol. The van der Waals surface area contributed by atoms with E-state index in [1.54, 1.807) is 0 Å². The molecule has 0 bridgehead atoms. The second-order valence-corrected chi connectivity index (χ2v) is 5.97. The summed E-state index contributed by atoms with van der Waals surface area (Å²) in [5, 5.41) is 7.44. The first-order valence-electron chi connectivity index (χ1n) is 6.79. The lowest BCUT2D eigenvalue weighted by molar-refractivity contribution is 0.336. The van der Waals surface area contributed by atoms with Crippen molar-refractivity contribution in [3.8, 4) is 0 Å². The van der Waals surface area contributed by atoms with Crippen LogP contribution in [-0.4, -0.2) is 52.4 Å². The minimum Gasteiger partial charge on any atom is -0.337 e. The molecule has 0 spiro atoms. The maximum atomic E-state index is 5.36. The van der Waals surface area contributed by atoms with Gasteiger partial charge in [0, 0.05) is 25.2 Å². The predicted octanol–water partition coefficient (Wildman–Crippen LogP) is 1.81. The highest BCUT2D eigenvalue weighted by Crippen LogP contribution is 2.38. The number of rotatable bonds is 2. The number of nitrogens with zero attached hydrogens (tertiary/aromatic N) is 4. The first-order valence-corrected chi connectivity index (χ1v) is 7.19. The van der Waals surface area contributed by atoms with Crippen LogP contribution in [-0.2, 0) is 0 Å². The Morgan fingerprint density at radius 2 is 2.11 bits per heavy atom. The zero-order chi connectivity index (χ0) is 12.7.